The van der Waals surface area contributed by atoms with Crippen LogP contribution in [0.1, 0.15) is 17.4 Å². The van der Waals surface area contributed by atoms with Crippen LogP contribution in [0.2, 0.25) is 0 Å². The van der Waals surface area contributed by atoms with Crippen molar-refractivity contribution in [1.29, 1.82) is 0 Å². The summed E-state index contributed by atoms with van der Waals surface area (Å²) >= 11 is 0. The van der Waals surface area contributed by atoms with Crippen LogP contribution in [0.5, 0.6) is 0 Å². The number of rotatable bonds is 6. The molecule has 1 unspecified atom stereocenters. The molecule has 0 aliphatic heterocycles. The van der Waals surface area contributed by atoms with Gasteiger partial charge >= 0.3 is 0 Å². The first kappa shape index (κ1) is 18.5. The first-order valence-corrected chi connectivity index (χ1v) is 8.36. The fraction of sp³-hybridized carbons (Fsp3) is 0.211. The van der Waals surface area contributed by atoms with Gasteiger partial charge in [0.25, 0.3) is 11.5 Å². The average molecular weight is 370 g/mol. The summed E-state index contributed by atoms with van der Waals surface area (Å²) in [6.45, 7) is 5.53. The van der Waals surface area contributed by atoms with Crippen LogP contribution in [-0.2, 0) is 6.54 Å². The lowest BCUT2D eigenvalue weighted by molar-refractivity contribution is 0.0919. The van der Waals surface area contributed by atoms with Crippen molar-refractivity contribution in [2.45, 2.75) is 19.6 Å². The number of allylic oxidation sites excluding steroid dienone is 1. The summed E-state index contributed by atoms with van der Waals surface area (Å²) in [6.07, 6.45) is 3.98. The van der Waals surface area contributed by atoms with E-state index in [-0.39, 0.29) is 30.2 Å². The molecule has 0 spiro atoms. The van der Waals surface area contributed by atoms with Gasteiger partial charge in [0.1, 0.15) is 11.5 Å². The molecule has 0 fully saturated rings. The number of aliphatic hydroxyl groups is 1. The van der Waals surface area contributed by atoms with Crippen LogP contribution in [0.4, 0.5) is 4.39 Å². The Kier molecular flexibility index (Phi) is 5.18. The highest BCUT2D eigenvalue weighted by atomic mass is 19.1. The minimum absolute atomic E-state index is 0.0640. The molecule has 1 aromatic carbocycles. The lowest BCUT2D eigenvalue weighted by atomic mass is 10.1. The number of amides is 1. The molecular weight excluding hydrogens is 351 g/mol. The first-order valence-electron chi connectivity index (χ1n) is 8.36. The fourth-order valence-corrected chi connectivity index (χ4v) is 2.68. The normalized spacial score (nSPS) is 12.1. The molecule has 1 atom stereocenters. The molecule has 0 saturated heterocycles. The Morgan fingerprint density at radius 3 is 2.70 bits per heavy atom. The number of carbonyl (C=O) groups excluding carboxylic acids is 1. The van der Waals surface area contributed by atoms with E-state index in [2.05, 4.69) is 16.9 Å². The fourth-order valence-electron chi connectivity index (χ4n) is 2.68. The van der Waals surface area contributed by atoms with Crippen LogP contribution >= 0.6 is 0 Å². The zero-order valence-electron chi connectivity index (χ0n) is 14.7. The van der Waals surface area contributed by atoms with Crippen LogP contribution < -0.4 is 10.9 Å². The van der Waals surface area contributed by atoms with Crippen molar-refractivity contribution in [3.8, 4) is 11.3 Å². The van der Waals surface area contributed by atoms with Gasteiger partial charge < -0.3 is 10.4 Å². The van der Waals surface area contributed by atoms with Gasteiger partial charge in [0.15, 0.2) is 0 Å². The number of fused-ring (bicyclic) bond motifs is 1. The molecule has 0 aliphatic carbocycles. The summed E-state index contributed by atoms with van der Waals surface area (Å²) < 4.78 is 16.2. The quantitative estimate of drug-likeness (QED) is 0.645. The SMILES string of the molecule is C=CCn1c(-c2ccc(F)cc2)cn2cc(C(=O)NCC(C)O)nc2c1=O. The van der Waals surface area contributed by atoms with Gasteiger partial charge in [-0.1, -0.05) is 6.08 Å². The molecule has 27 heavy (non-hydrogen) atoms. The van der Waals surface area contributed by atoms with Crippen molar-refractivity contribution >= 4 is 11.6 Å². The zero-order chi connectivity index (χ0) is 19.6. The van der Waals surface area contributed by atoms with E-state index < -0.39 is 17.6 Å². The molecule has 1 amide bonds. The Bertz CT molecular complexity index is 1050. The van der Waals surface area contributed by atoms with Crippen molar-refractivity contribution in [1.82, 2.24) is 19.3 Å². The van der Waals surface area contributed by atoms with Crippen molar-refractivity contribution in [2.24, 2.45) is 0 Å². The number of aromatic nitrogens is 3. The van der Waals surface area contributed by atoms with Crippen molar-refractivity contribution in [2.75, 3.05) is 6.54 Å². The average Bonchev–Trinajstić information content (AvgIpc) is 3.07. The predicted octanol–water partition coefficient (Wildman–Crippen LogP) is 1.60. The van der Waals surface area contributed by atoms with Gasteiger partial charge in [0, 0.05) is 25.5 Å². The summed E-state index contributed by atoms with van der Waals surface area (Å²) in [6, 6.07) is 5.77. The molecule has 0 radical (unpaired) electrons. The van der Waals surface area contributed by atoms with E-state index in [0.29, 0.717) is 11.3 Å². The number of nitrogens with one attached hydrogen (secondary N) is 1. The summed E-state index contributed by atoms with van der Waals surface area (Å²) in [5.74, 6) is -0.866. The van der Waals surface area contributed by atoms with E-state index in [9.17, 15) is 19.1 Å². The lowest BCUT2D eigenvalue weighted by Crippen LogP contribution is -2.30. The monoisotopic (exact) mass is 370 g/mol. The smallest absolute Gasteiger partial charge is 0.295 e. The van der Waals surface area contributed by atoms with E-state index in [1.165, 1.54) is 27.3 Å². The molecule has 0 aliphatic rings. The Balaban J connectivity index is 2.12. The molecule has 0 bridgehead atoms. The van der Waals surface area contributed by atoms with Crippen molar-refractivity contribution in [3.05, 3.63) is 71.2 Å². The number of hydrogen-bond donors (Lipinski definition) is 2. The van der Waals surface area contributed by atoms with Crippen LogP contribution in [0.15, 0.2) is 54.1 Å². The Labute approximate surface area is 154 Å². The van der Waals surface area contributed by atoms with Crippen LogP contribution in [0.25, 0.3) is 16.9 Å². The van der Waals surface area contributed by atoms with Gasteiger partial charge in [0.05, 0.1) is 11.8 Å². The Hall–Kier alpha value is -3.26. The topological polar surface area (TPSA) is 88.6 Å². The number of nitrogens with zero attached hydrogens (tertiary/aromatic N) is 3. The molecular formula is C19H19FN4O3. The van der Waals surface area contributed by atoms with E-state index >= 15 is 0 Å². The number of imidazole rings is 1. The highest BCUT2D eigenvalue weighted by molar-refractivity contribution is 5.92. The van der Waals surface area contributed by atoms with Gasteiger partial charge in [-0.15, -0.1) is 6.58 Å². The molecule has 3 rings (SSSR count). The van der Waals surface area contributed by atoms with Gasteiger partial charge in [0.2, 0.25) is 5.65 Å². The molecule has 0 saturated carbocycles. The van der Waals surface area contributed by atoms with Gasteiger partial charge in [-0.25, -0.2) is 9.37 Å². The van der Waals surface area contributed by atoms with Crippen LogP contribution in [0, 0.1) is 5.82 Å². The second kappa shape index (κ2) is 7.55. The minimum Gasteiger partial charge on any atom is -0.392 e. The first-order chi connectivity index (χ1) is 12.9. The second-order valence-corrected chi connectivity index (χ2v) is 6.14. The number of halogens is 1. The van der Waals surface area contributed by atoms with E-state index in [0.717, 1.165) is 0 Å². The third-order valence-corrected chi connectivity index (χ3v) is 3.96. The highest BCUT2D eigenvalue weighted by Gasteiger charge is 2.17. The Morgan fingerprint density at radius 1 is 1.37 bits per heavy atom. The van der Waals surface area contributed by atoms with Crippen LogP contribution in [0.3, 0.4) is 0 Å². The predicted molar refractivity (Wildman–Crippen MR) is 99.1 cm³/mol. The minimum atomic E-state index is -0.694. The number of aliphatic hydroxyl groups excluding tert-OH is 1. The molecule has 140 valence electrons. The number of carbonyl (C=O) groups is 1. The van der Waals surface area contributed by atoms with E-state index in [4.69, 9.17) is 0 Å². The van der Waals surface area contributed by atoms with Gasteiger partial charge in [-0.2, -0.15) is 0 Å². The molecule has 3 aromatic rings. The number of benzene rings is 1. The van der Waals surface area contributed by atoms with Gasteiger partial charge in [-0.05, 0) is 36.8 Å². The van der Waals surface area contributed by atoms with Crippen molar-refractivity contribution < 1.29 is 14.3 Å². The third kappa shape index (κ3) is 3.80. The molecule has 2 aromatic heterocycles. The largest absolute Gasteiger partial charge is 0.392 e. The summed E-state index contributed by atoms with van der Waals surface area (Å²) in [5, 5.41) is 11.8. The summed E-state index contributed by atoms with van der Waals surface area (Å²) in [5.41, 5.74) is 0.942. The highest BCUT2D eigenvalue weighted by Crippen LogP contribution is 2.19. The van der Waals surface area contributed by atoms with E-state index in [1.54, 1.807) is 31.3 Å². The standard InChI is InChI=1S/C19H19FN4O3/c1-3-8-24-16(13-4-6-14(20)7-5-13)11-23-10-15(22-17(23)19(24)27)18(26)21-9-12(2)25/h3-7,10-12,25H,1,8-9H2,2H3,(H,21,26). The molecule has 8 heteroatoms. The maximum Gasteiger partial charge on any atom is 0.295 e. The number of hydrogen-bond acceptors (Lipinski definition) is 4. The zero-order valence-corrected chi connectivity index (χ0v) is 14.7. The van der Waals surface area contributed by atoms with E-state index in [1.807, 2.05) is 0 Å². The Morgan fingerprint density at radius 2 is 2.07 bits per heavy atom. The maximum atomic E-state index is 13.2. The maximum absolute atomic E-state index is 13.2. The van der Waals surface area contributed by atoms with Crippen LogP contribution in [-0.4, -0.2) is 37.6 Å². The summed E-state index contributed by atoms with van der Waals surface area (Å²) in [7, 11) is 0. The second-order valence-electron chi connectivity index (χ2n) is 6.14. The third-order valence-electron chi connectivity index (χ3n) is 3.96. The van der Waals surface area contributed by atoms with Gasteiger partial charge in [-0.3, -0.25) is 18.6 Å². The molecule has 2 heterocycles. The molecule has 7 nitrogen and oxygen atoms in total. The van der Waals surface area contributed by atoms with Crippen molar-refractivity contribution in [3.63, 3.8) is 0 Å². The lowest BCUT2D eigenvalue weighted by Gasteiger charge is -2.12. The molecule has 2 N–H and O–H groups in total. The summed E-state index contributed by atoms with van der Waals surface area (Å²) in [4.78, 5) is 29.2.